The van der Waals surface area contributed by atoms with Crippen LogP contribution in [-0.4, -0.2) is 213 Å². The summed E-state index contributed by atoms with van der Waals surface area (Å²) in [4.78, 5) is 147. The van der Waals surface area contributed by atoms with Gasteiger partial charge in [0, 0.05) is 77.0 Å². The quantitative estimate of drug-likeness (QED) is 0.0387. The van der Waals surface area contributed by atoms with E-state index in [0.717, 1.165) is 11.3 Å². The number of nitrogens with two attached hydrogens (primary N) is 1. The lowest BCUT2D eigenvalue weighted by Crippen LogP contribution is -2.59. The Kier molecular flexibility index (Phi) is 34.3. The van der Waals surface area contributed by atoms with Crippen molar-refractivity contribution in [2.75, 3.05) is 73.4 Å². The number of urea groups is 1. The smallest absolute Gasteiger partial charge is 0.379 e. The van der Waals surface area contributed by atoms with Crippen molar-refractivity contribution in [1.29, 1.82) is 0 Å². The number of hydrogen-bond donors (Lipinski definition) is 9. The highest BCUT2D eigenvalue weighted by Crippen LogP contribution is 2.36. The van der Waals surface area contributed by atoms with Crippen molar-refractivity contribution in [3.05, 3.63) is 46.4 Å². The summed E-state index contributed by atoms with van der Waals surface area (Å²) in [5, 5.41) is 24.1. The predicted molar refractivity (Wildman–Crippen MR) is 367 cm³/mol. The first-order chi connectivity index (χ1) is 46.2. The molecule has 2 aromatic rings. The number of benzene rings is 1. The molecule has 1 aromatic carbocycles. The molecule has 2 unspecified atom stereocenters. The van der Waals surface area contributed by atoms with Gasteiger partial charge in [-0.25, -0.2) is 9.78 Å². The number of alkyl halides is 3. The zero-order valence-corrected chi connectivity index (χ0v) is 60.8. The number of thiazole rings is 1. The van der Waals surface area contributed by atoms with Crippen LogP contribution in [-0.2, 0) is 59.2 Å². The Labute approximate surface area is 580 Å². The molecule has 1 aromatic heterocycles. The van der Waals surface area contributed by atoms with Gasteiger partial charge in [-0.3, -0.25) is 53.0 Å². The SMILES string of the molecule is CCCNC(=O)C1CCN(CCCC(=O)N[C@H](C(=O)N[C@@H](CCCNC(N)=O)C(=O)Nc2ccc(CNC(=O)[C@@H](NC(=O)[C@H](C)[C@@H](OC)[C@@H]3CCCN3C(=O)C[C@@H](OC)[C@H]([C@@H](C)CC)N(C)C(=O)[C@@H](NC(=O)[C@H](C(C)C)N(C)C)C(C)C)c3nccs3)cc2)C(C)C)C(C(F)(F)F)C1. The number of anilines is 1. The summed E-state index contributed by atoms with van der Waals surface area (Å²) in [6.45, 7) is 19.3. The summed E-state index contributed by atoms with van der Waals surface area (Å²) in [6, 6.07) is -2.14. The van der Waals surface area contributed by atoms with E-state index in [1.807, 2.05) is 67.5 Å². The molecule has 4 rings (SSSR count). The molecule has 0 radical (unpaired) electrons. The van der Waals surface area contributed by atoms with Crippen LogP contribution in [0.3, 0.4) is 0 Å². The predicted octanol–water partition coefficient (Wildman–Crippen LogP) is 5.23. The number of hydrogen-bond acceptors (Lipinski definition) is 16. The molecular formula is C68H111F3N14O12S. The molecule has 2 saturated heterocycles. The van der Waals surface area contributed by atoms with E-state index in [9.17, 15) is 61.1 Å². The third-order valence-electron chi connectivity index (χ3n) is 18.6. The van der Waals surface area contributed by atoms with Gasteiger partial charge in [-0.2, -0.15) is 13.2 Å². The standard InChI is InChI=1S/C68H111F3N14O12S/c1-16-29-73-60(89)45-28-34-84(50(36-45)68(69,70)71)32-20-23-51(86)79-53(39(3)4)63(92)78-47(21-18-30-75-67(72)95)61(90)77-46-26-24-44(25-27-46)38-76-62(91)55(65-74-31-35-98-65)81-59(88)43(10)58(97-15)48-22-19-33-85(48)52(87)37-49(96-14)57(42(9)17-2)83(13)66(94)54(40(5)6)80-64(93)56(41(7)8)82(11)12/h24-27,31,35,39-43,45,47-50,53-58H,16-23,28-30,32-34,36-38H2,1-15H3,(H,73,89)(H,76,91)(H,77,90)(H,78,92)(H,79,86)(H,80,93)(H,81,88)(H3,72,75,95)/t42-,43+,45?,47-,48-,49+,50?,53-,54-,55+,56-,57-,58+/m0/s1. The van der Waals surface area contributed by atoms with Crippen molar-refractivity contribution in [2.24, 2.45) is 41.2 Å². The van der Waals surface area contributed by atoms with E-state index in [4.69, 9.17) is 15.2 Å². The third-order valence-corrected chi connectivity index (χ3v) is 19.4. The zero-order chi connectivity index (χ0) is 73.3. The molecular weight excluding hydrogens is 1290 g/mol. The van der Waals surface area contributed by atoms with Crippen LogP contribution >= 0.6 is 11.3 Å². The van der Waals surface area contributed by atoms with Gasteiger partial charge in [0.05, 0.1) is 42.7 Å². The molecule has 2 fully saturated rings. The molecule has 0 aliphatic carbocycles. The number of piperidine rings is 1. The maximum absolute atomic E-state index is 14.6. The minimum Gasteiger partial charge on any atom is -0.379 e. The fourth-order valence-corrected chi connectivity index (χ4v) is 13.7. The van der Waals surface area contributed by atoms with E-state index < -0.39 is 126 Å². The Hall–Kier alpha value is -7.02. The molecule has 30 heteroatoms. The number of likely N-dealkylation sites (tertiary alicyclic amines) is 2. The lowest BCUT2D eigenvalue weighted by Gasteiger charge is -2.41. The van der Waals surface area contributed by atoms with Crippen molar-refractivity contribution in [3.63, 3.8) is 0 Å². The van der Waals surface area contributed by atoms with E-state index in [1.165, 1.54) is 25.3 Å². The van der Waals surface area contributed by atoms with Gasteiger partial charge in [-0.15, -0.1) is 11.3 Å². The highest BCUT2D eigenvalue weighted by molar-refractivity contribution is 7.09. The second kappa shape index (κ2) is 40.3. The largest absolute Gasteiger partial charge is 0.404 e. The maximum Gasteiger partial charge on any atom is 0.404 e. The molecule has 0 spiro atoms. The highest BCUT2D eigenvalue weighted by atomic mass is 32.1. The Bertz CT molecular complexity index is 2900. The monoisotopic (exact) mass is 1400 g/mol. The molecule has 2 aliphatic rings. The van der Waals surface area contributed by atoms with Gasteiger partial charge in [0.2, 0.25) is 53.2 Å². The van der Waals surface area contributed by atoms with Crippen LogP contribution in [0.2, 0.25) is 0 Å². The number of methoxy groups -OCH3 is 2. The molecule has 0 bridgehead atoms. The molecule has 2 aliphatic heterocycles. The summed E-state index contributed by atoms with van der Waals surface area (Å²) in [5.41, 5.74) is 6.17. The van der Waals surface area contributed by atoms with E-state index in [1.54, 1.807) is 67.3 Å². The highest BCUT2D eigenvalue weighted by Gasteiger charge is 2.48. The third kappa shape index (κ3) is 24.7. The number of halogens is 3. The van der Waals surface area contributed by atoms with Crippen LogP contribution in [0.4, 0.5) is 23.7 Å². The van der Waals surface area contributed by atoms with Gasteiger partial charge in [-0.1, -0.05) is 87.8 Å². The van der Waals surface area contributed by atoms with E-state index in [0.29, 0.717) is 55.0 Å². The van der Waals surface area contributed by atoms with Crippen LogP contribution in [0.25, 0.3) is 0 Å². The summed E-state index contributed by atoms with van der Waals surface area (Å²) in [5.74, 6) is -6.77. The first kappa shape index (κ1) is 83.4. The van der Waals surface area contributed by atoms with Gasteiger partial charge in [0.15, 0.2) is 6.04 Å². The minimum atomic E-state index is -4.59. The molecule has 11 amide bonds. The van der Waals surface area contributed by atoms with Crippen molar-refractivity contribution >= 4 is 76.2 Å². The molecule has 552 valence electrons. The van der Waals surface area contributed by atoms with Gasteiger partial charge in [0.1, 0.15) is 29.2 Å². The number of carbonyl (C=O) groups is 10. The number of carbonyl (C=O) groups excluding carboxylic acids is 10. The maximum atomic E-state index is 14.6. The van der Waals surface area contributed by atoms with Crippen molar-refractivity contribution in [3.8, 4) is 0 Å². The van der Waals surface area contributed by atoms with Crippen LogP contribution < -0.4 is 48.3 Å². The zero-order valence-electron chi connectivity index (χ0n) is 60.0. The van der Waals surface area contributed by atoms with Crippen molar-refractivity contribution < 1.29 is 70.6 Å². The Balaban J connectivity index is 1.40. The lowest BCUT2D eigenvalue weighted by atomic mass is 9.89. The number of ether oxygens (including phenoxy) is 2. The molecule has 98 heavy (non-hydrogen) atoms. The Morgan fingerprint density at radius 2 is 1.43 bits per heavy atom. The van der Waals surface area contributed by atoms with Crippen LogP contribution in [0.5, 0.6) is 0 Å². The van der Waals surface area contributed by atoms with Gasteiger partial charge >= 0.3 is 12.2 Å². The summed E-state index contributed by atoms with van der Waals surface area (Å²) in [7, 11) is 8.32. The molecule has 3 heterocycles. The second-order valence-corrected chi connectivity index (χ2v) is 28.1. The van der Waals surface area contributed by atoms with Crippen molar-refractivity contribution in [1.82, 2.24) is 61.8 Å². The first-order valence-electron chi connectivity index (χ1n) is 34.4. The van der Waals surface area contributed by atoms with Crippen LogP contribution in [0, 0.1) is 35.5 Å². The van der Waals surface area contributed by atoms with Gasteiger partial charge in [-0.05, 0) is 120 Å². The van der Waals surface area contributed by atoms with E-state index in [-0.39, 0.29) is 107 Å². The number of rotatable bonds is 39. The van der Waals surface area contributed by atoms with Crippen molar-refractivity contribution in [2.45, 2.75) is 213 Å². The normalized spacial score (nSPS) is 19.0. The fraction of sp³-hybridized carbons (Fsp3) is 0.721. The van der Waals surface area contributed by atoms with Gasteiger partial charge in [0.25, 0.3) is 0 Å². The number of likely N-dealkylation sites (N-methyl/N-ethyl adjacent to an activating group) is 2. The second-order valence-electron chi connectivity index (χ2n) is 27.2. The average molecular weight is 1410 g/mol. The topological polar surface area (TPSA) is 337 Å². The lowest BCUT2D eigenvalue weighted by molar-refractivity contribution is -0.196. The fourth-order valence-electron chi connectivity index (χ4n) is 13.1. The Morgan fingerprint density at radius 3 is 1.99 bits per heavy atom. The molecule has 13 atom stereocenters. The van der Waals surface area contributed by atoms with E-state index >= 15 is 0 Å². The summed E-state index contributed by atoms with van der Waals surface area (Å²) >= 11 is 1.16. The Morgan fingerprint density at radius 1 is 0.755 bits per heavy atom. The van der Waals surface area contributed by atoms with E-state index in [2.05, 4.69) is 47.5 Å². The molecule has 0 saturated carbocycles. The summed E-state index contributed by atoms with van der Waals surface area (Å²) < 4.78 is 54.8. The minimum absolute atomic E-state index is 0.0155. The molecule has 26 nitrogen and oxygen atoms in total. The first-order valence-corrected chi connectivity index (χ1v) is 35.3. The van der Waals surface area contributed by atoms with Gasteiger partial charge < -0.3 is 67.5 Å². The van der Waals surface area contributed by atoms with Crippen LogP contribution in [0.1, 0.15) is 156 Å². The average Bonchev–Trinajstić information content (AvgIpc) is 1.18. The number of nitrogens with zero attached hydrogens (tertiary/aromatic N) is 5. The van der Waals surface area contributed by atoms with Crippen LogP contribution in [0.15, 0.2) is 35.8 Å². The summed E-state index contributed by atoms with van der Waals surface area (Å²) in [6.07, 6.45) is -2.33. The number of nitrogens with one attached hydrogen (secondary N) is 8. The number of aromatic nitrogens is 1. The number of amides is 11. The molecule has 10 N–H and O–H groups in total. The number of primary amides is 1.